The number of halogens is 3. The van der Waals surface area contributed by atoms with Crippen LogP contribution in [-0.2, 0) is 26.6 Å². The van der Waals surface area contributed by atoms with E-state index < -0.39 is 44.8 Å². The first-order chi connectivity index (χ1) is 12.7. The highest BCUT2D eigenvalue weighted by atomic mass is 32.2. The van der Waals surface area contributed by atoms with E-state index in [1.807, 2.05) is 0 Å². The number of aromatic nitrogens is 2. The minimum absolute atomic E-state index is 0.216. The molecular weight excluding hydrogens is 401 g/mol. The molecule has 1 heterocycles. The van der Waals surface area contributed by atoms with Gasteiger partial charge in [-0.1, -0.05) is 6.92 Å². The van der Waals surface area contributed by atoms with Crippen LogP contribution >= 0.6 is 0 Å². The first-order valence-electron chi connectivity index (χ1n) is 8.45. The maximum absolute atomic E-state index is 13.6. The fraction of sp³-hybridized carbons (Fsp3) is 0.529. The number of ether oxygens (including phenoxy) is 1. The van der Waals surface area contributed by atoms with Crippen LogP contribution in [-0.4, -0.2) is 30.3 Å². The second-order valence-electron chi connectivity index (χ2n) is 6.78. The van der Waals surface area contributed by atoms with Crippen LogP contribution < -0.4 is 11.2 Å². The third-order valence-electron chi connectivity index (χ3n) is 3.98. The Labute approximate surface area is 159 Å². The van der Waals surface area contributed by atoms with E-state index in [-0.39, 0.29) is 29.0 Å². The zero-order chi connectivity index (χ0) is 21.4. The predicted octanol–water partition coefficient (Wildman–Crippen LogP) is 2.59. The lowest BCUT2D eigenvalue weighted by Gasteiger charge is -2.23. The molecule has 0 saturated heterocycles. The third-order valence-corrected chi connectivity index (χ3v) is 4.70. The number of benzene rings is 1. The molecule has 0 aliphatic rings. The summed E-state index contributed by atoms with van der Waals surface area (Å²) in [5.41, 5.74) is -3.68. The van der Waals surface area contributed by atoms with E-state index in [2.05, 4.69) is 4.98 Å². The minimum Gasteiger partial charge on any atom is -0.371 e. The van der Waals surface area contributed by atoms with Crippen molar-refractivity contribution in [1.82, 2.24) is 9.55 Å². The summed E-state index contributed by atoms with van der Waals surface area (Å²) in [6.07, 6.45) is -4.98. The maximum atomic E-state index is 13.6. The molecule has 0 saturated carbocycles. The van der Waals surface area contributed by atoms with Gasteiger partial charge < -0.3 is 9.72 Å². The smallest absolute Gasteiger partial charge is 0.371 e. The average Bonchev–Trinajstić information content (AvgIpc) is 2.53. The van der Waals surface area contributed by atoms with Crippen LogP contribution in [0.25, 0.3) is 10.9 Å². The molecule has 28 heavy (non-hydrogen) atoms. The molecule has 1 unspecified atom stereocenters. The van der Waals surface area contributed by atoms with Gasteiger partial charge in [0.25, 0.3) is 5.56 Å². The Morgan fingerprint density at radius 1 is 1.21 bits per heavy atom. The molecule has 7 nitrogen and oxygen atoms in total. The van der Waals surface area contributed by atoms with Gasteiger partial charge in [-0.15, -0.1) is 0 Å². The molecular formula is C17H21F3N2O5S. The molecule has 0 radical (unpaired) electrons. The van der Waals surface area contributed by atoms with Gasteiger partial charge in [0.15, 0.2) is 9.84 Å². The fourth-order valence-electron chi connectivity index (χ4n) is 2.90. The number of fused-ring (bicyclic) bond motifs is 1. The second kappa shape index (κ2) is 7.70. The number of hydrogen-bond donors (Lipinski definition) is 1. The normalized spacial score (nSPS) is 14.0. The zero-order valence-corrected chi connectivity index (χ0v) is 16.6. The molecule has 1 aromatic carbocycles. The summed E-state index contributed by atoms with van der Waals surface area (Å²) in [5.74, 6) is -0.882. The lowest BCUT2D eigenvalue weighted by molar-refractivity contribution is -0.140. The molecule has 1 aromatic heterocycles. The van der Waals surface area contributed by atoms with Crippen LogP contribution in [0.5, 0.6) is 0 Å². The van der Waals surface area contributed by atoms with E-state index in [0.29, 0.717) is 10.6 Å². The molecule has 1 N–H and O–H groups in total. The Morgan fingerprint density at radius 2 is 1.82 bits per heavy atom. The van der Waals surface area contributed by atoms with E-state index >= 15 is 0 Å². The van der Waals surface area contributed by atoms with Crippen molar-refractivity contribution >= 4 is 20.7 Å². The number of sulfone groups is 1. The Balaban J connectivity index is 2.87. The SMILES string of the molecule is CCC(OC(C)C)c1cc2c(=O)n(CS(C)(=O)=O)c(=O)[nH]c2cc1C(F)(F)F. The highest BCUT2D eigenvalue weighted by Crippen LogP contribution is 2.38. The zero-order valence-electron chi connectivity index (χ0n) is 15.8. The molecule has 0 bridgehead atoms. The maximum Gasteiger partial charge on any atom is 0.416 e. The Kier molecular flexibility index (Phi) is 6.10. The summed E-state index contributed by atoms with van der Waals surface area (Å²) >= 11 is 0. The largest absolute Gasteiger partial charge is 0.416 e. The van der Waals surface area contributed by atoms with Gasteiger partial charge in [-0.25, -0.2) is 17.8 Å². The number of H-pyrrole nitrogens is 1. The quantitative estimate of drug-likeness (QED) is 0.772. The van der Waals surface area contributed by atoms with Crippen LogP contribution in [0.4, 0.5) is 13.2 Å². The Hall–Kier alpha value is -2.14. The van der Waals surface area contributed by atoms with Crippen molar-refractivity contribution in [2.75, 3.05) is 6.26 Å². The third kappa shape index (κ3) is 4.82. The summed E-state index contributed by atoms with van der Waals surface area (Å²) in [5, 5.41) is -0.225. The molecule has 2 aromatic rings. The molecule has 0 aliphatic carbocycles. The van der Waals surface area contributed by atoms with Gasteiger partial charge in [0.05, 0.1) is 28.7 Å². The van der Waals surface area contributed by atoms with Crippen LogP contribution in [0, 0.1) is 0 Å². The lowest BCUT2D eigenvalue weighted by Crippen LogP contribution is -2.37. The number of nitrogens with one attached hydrogen (secondary N) is 1. The molecule has 0 amide bonds. The molecule has 11 heteroatoms. The molecule has 1 atom stereocenters. The van der Waals surface area contributed by atoms with Crippen LogP contribution in [0.1, 0.15) is 44.4 Å². The topological polar surface area (TPSA) is 98.2 Å². The summed E-state index contributed by atoms with van der Waals surface area (Å²) < 4.78 is 69.8. The number of aromatic amines is 1. The van der Waals surface area contributed by atoms with Crippen molar-refractivity contribution in [3.63, 3.8) is 0 Å². The summed E-state index contributed by atoms with van der Waals surface area (Å²) in [6.45, 7) is 4.99. The average molecular weight is 422 g/mol. The van der Waals surface area contributed by atoms with Crippen LogP contribution in [0.15, 0.2) is 21.7 Å². The van der Waals surface area contributed by atoms with Gasteiger partial charge in [-0.05, 0) is 38.0 Å². The Bertz CT molecular complexity index is 1100. The van der Waals surface area contributed by atoms with Crippen molar-refractivity contribution in [3.05, 3.63) is 44.1 Å². The van der Waals surface area contributed by atoms with Crippen molar-refractivity contribution in [2.45, 2.75) is 51.5 Å². The standard InChI is InChI=1S/C17H21F3N2O5S/c1-5-14(27-9(2)3)10-6-11-13(7-12(10)17(18,19)20)21-16(24)22(15(11)23)8-28(4,25)26/h6-7,9,14H,5,8H2,1-4H3,(H,21,24). The first kappa shape index (κ1) is 22.2. The molecule has 2 rings (SSSR count). The van der Waals surface area contributed by atoms with Gasteiger partial charge in [0.2, 0.25) is 0 Å². The first-order valence-corrected chi connectivity index (χ1v) is 10.5. The van der Waals surface area contributed by atoms with Crippen molar-refractivity contribution in [2.24, 2.45) is 0 Å². The Morgan fingerprint density at radius 3 is 2.29 bits per heavy atom. The minimum atomic E-state index is -4.74. The lowest BCUT2D eigenvalue weighted by atomic mass is 9.97. The van der Waals surface area contributed by atoms with Crippen molar-refractivity contribution in [3.8, 4) is 0 Å². The summed E-state index contributed by atoms with van der Waals surface area (Å²) in [6, 6.07) is 1.70. The van der Waals surface area contributed by atoms with E-state index in [1.54, 1.807) is 20.8 Å². The van der Waals surface area contributed by atoms with E-state index in [0.717, 1.165) is 12.3 Å². The van der Waals surface area contributed by atoms with Gasteiger partial charge in [0.1, 0.15) is 5.88 Å². The van der Waals surface area contributed by atoms with Crippen LogP contribution in [0.3, 0.4) is 0 Å². The van der Waals surface area contributed by atoms with Gasteiger partial charge in [-0.2, -0.15) is 13.2 Å². The van der Waals surface area contributed by atoms with E-state index in [4.69, 9.17) is 4.74 Å². The number of rotatable bonds is 6. The van der Waals surface area contributed by atoms with E-state index in [9.17, 15) is 31.2 Å². The number of nitrogens with zero attached hydrogens (tertiary/aromatic N) is 1. The molecule has 0 aliphatic heterocycles. The summed E-state index contributed by atoms with van der Waals surface area (Å²) in [7, 11) is -3.73. The summed E-state index contributed by atoms with van der Waals surface area (Å²) in [4.78, 5) is 26.8. The number of hydrogen-bond acceptors (Lipinski definition) is 5. The monoisotopic (exact) mass is 422 g/mol. The second-order valence-corrected chi connectivity index (χ2v) is 8.89. The molecule has 156 valence electrons. The molecule has 0 fully saturated rings. The van der Waals surface area contributed by atoms with Gasteiger partial charge in [-0.3, -0.25) is 4.79 Å². The highest BCUT2D eigenvalue weighted by Gasteiger charge is 2.36. The predicted molar refractivity (Wildman–Crippen MR) is 97.9 cm³/mol. The van der Waals surface area contributed by atoms with Crippen LogP contribution in [0.2, 0.25) is 0 Å². The molecule has 0 spiro atoms. The van der Waals surface area contributed by atoms with E-state index in [1.165, 1.54) is 0 Å². The van der Waals surface area contributed by atoms with Crippen molar-refractivity contribution < 1.29 is 26.3 Å². The highest BCUT2D eigenvalue weighted by molar-refractivity contribution is 7.89. The van der Waals surface area contributed by atoms with Gasteiger partial charge >= 0.3 is 11.9 Å². The number of alkyl halides is 3. The fourth-order valence-corrected chi connectivity index (χ4v) is 3.60. The van der Waals surface area contributed by atoms with Crippen molar-refractivity contribution in [1.29, 1.82) is 0 Å². The van der Waals surface area contributed by atoms with Gasteiger partial charge in [0, 0.05) is 6.26 Å².